The Morgan fingerprint density at radius 3 is 2.91 bits per heavy atom. The summed E-state index contributed by atoms with van der Waals surface area (Å²) in [7, 11) is 1.69. The van der Waals surface area contributed by atoms with Gasteiger partial charge in [0.15, 0.2) is 0 Å². The molecule has 2 atom stereocenters. The van der Waals surface area contributed by atoms with Crippen LogP contribution in [0.2, 0.25) is 0 Å². The van der Waals surface area contributed by atoms with Gasteiger partial charge in [-0.25, -0.2) is 0 Å². The molecule has 2 aromatic rings. The van der Waals surface area contributed by atoms with Crippen LogP contribution in [0.25, 0.3) is 0 Å². The van der Waals surface area contributed by atoms with Gasteiger partial charge >= 0.3 is 0 Å². The lowest BCUT2D eigenvalue weighted by atomic mass is 9.97. The second-order valence-corrected chi connectivity index (χ2v) is 7.14. The number of aryl methyl sites for hydroxylation is 1. The number of hydrogen-bond donors (Lipinski definition) is 1. The second kappa shape index (κ2) is 7.49. The van der Waals surface area contributed by atoms with E-state index in [0.717, 1.165) is 34.6 Å². The molecule has 4 nitrogen and oxygen atoms in total. The van der Waals surface area contributed by atoms with Gasteiger partial charge < -0.3 is 14.6 Å². The predicted octanol–water partition coefficient (Wildman–Crippen LogP) is 4.26. The van der Waals surface area contributed by atoms with E-state index < -0.39 is 0 Å². The van der Waals surface area contributed by atoms with Gasteiger partial charge in [-0.2, -0.15) is 0 Å². The van der Waals surface area contributed by atoms with E-state index in [1.54, 1.807) is 7.11 Å². The molecule has 1 aliphatic carbocycles. The Balaban J connectivity index is 1.57. The number of benzene rings is 1. The summed E-state index contributed by atoms with van der Waals surface area (Å²) in [4.78, 5) is 0. The number of rotatable bonds is 6. The fraction of sp³-hybridized carbons (Fsp3) is 0.500. The first kappa shape index (κ1) is 16.5. The summed E-state index contributed by atoms with van der Waals surface area (Å²) < 4.78 is 11.7. The van der Waals surface area contributed by atoms with Crippen LogP contribution in [0.5, 0.6) is 5.75 Å². The fourth-order valence-corrected chi connectivity index (χ4v) is 3.98. The van der Waals surface area contributed by atoms with Gasteiger partial charge in [-0.3, -0.25) is 0 Å². The van der Waals surface area contributed by atoms with Crippen LogP contribution in [0.4, 0.5) is 0 Å². The van der Waals surface area contributed by atoms with Gasteiger partial charge in [0.2, 0.25) is 0 Å². The summed E-state index contributed by atoms with van der Waals surface area (Å²) in [6.45, 7) is 2.85. The zero-order chi connectivity index (χ0) is 16.2. The standard InChI is InChI=1S/C18H23BrN2O2/c1-12-8-15(23-21-12)10-14-4-3-5-17(14)20-11-13-6-7-18(22-2)16(19)9-13/h6-9,14,17,20H,3-5,10-11H2,1-2H3/t14-,17+/m0/s1. The maximum atomic E-state index is 5.38. The minimum atomic E-state index is 0.543. The van der Waals surface area contributed by atoms with Crippen LogP contribution in [0.15, 0.2) is 33.3 Å². The molecule has 0 aliphatic heterocycles. The maximum Gasteiger partial charge on any atom is 0.137 e. The molecular weight excluding hydrogens is 356 g/mol. The van der Waals surface area contributed by atoms with Crippen molar-refractivity contribution in [1.29, 1.82) is 0 Å². The van der Waals surface area contributed by atoms with Crippen molar-refractivity contribution in [2.75, 3.05) is 7.11 Å². The molecular formula is C18H23BrN2O2. The fourth-order valence-electron chi connectivity index (χ4n) is 3.39. The summed E-state index contributed by atoms with van der Waals surface area (Å²) >= 11 is 3.55. The summed E-state index contributed by atoms with van der Waals surface area (Å²) in [6, 6.07) is 8.83. The minimum Gasteiger partial charge on any atom is -0.496 e. The molecule has 5 heteroatoms. The van der Waals surface area contributed by atoms with Crippen molar-refractivity contribution in [3.63, 3.8) is 0 Å². The van der Waals surface area contributed by atoms with Crippen molar-refractivity contribution in [1.82, 2.24) is 10.5 Å². The highest BCUT2D eigenvalue weighted by atomic mass is 79.9. The van der Waals surface area contributed by atoms with Gasteiger partial charge in [-0.1, -0.05) is 17.6 Å². The van der Waals surface area contributed by atoms with Gasteiger partial charge in [-0.15, -0.1) is 0 Å². The largest absolute Gasteiger partial charge is 0.496 e. The first-order valence-corrected chi connectivity index (χ1v) is 8.93. The predicted molar refractivity (Wildman–Crippen MR) is 93.6 cm³/mol. The van der Waals surface area contributed by atoms with Crippen molar-refractivity contribution in [2.24, 2.45) is 5.92 Å². The summed E-state index contributed by atoms with van der Waals surface area (Å²) in [6.07, 6.45) is 4.74. The SMILES string of the molecule is COc1ccc(CN[C@@H]2CCC[C@H]2Cc2cc(C)no2)cc1Br. The number of nitrogens with one attached hydrogen (secondary N) is 1. The summed E-state index contributed by atoms with van der Waals surface area (Å²) in [5.41, 5.74) is 2.23. The van der Waals surface area contributed by atoms with E-state index >= 15 is 0 Å². The zero-order valence-corrected chi connectivity index (χ0v) is 15.2. The smallest absolute Gasteiger partial charge is 0.137 e. The normalized spacial score (nSPS) is 20.8. The van der Waals surface area contributed by atoms with Crippen LogP contribution in [0.1, 0.15) is 36.3 Å². The number of nitrogens with zero attached hydrogens (tertiary/aromatic N) is 1. The molecule has 0 spiro atoms. The van der Waals surface area contributed by atoms with Crippen molar-refractivity contribution in [3.8, 4) is 5.75 Å². The third-order valence-electron chi connectivity index (χ3n) is 4.58. The van der Waals surface area contributed by atoms with E-state index in [1.165, 1.54) is 24.8 Å². The molecule has 124 valence electrons. The van der Waals surface area contributed by atoms with Crippen LogP contribution in [-0.4, -0.2) is 18.3 Å². The summed E-state index contributed by atoms with van der Waals surface area (Å²) in [5.74, 6) is 2.51. The molecule has 23 heavy (non-hydrogen) atoms. The van der Waals surface area contributed by atoms with E-state index in [2.05, 4.69) is 44.6 Å². The number of aromatic nitrogens is 1. The molecule has 0 radical (unpaired) electrons. The van der Waals surface area contributed by atoms with Crippen molar-refractivity contribution in [3.05, 3.63) is 45.8 Å². The zero-order valence-electron chi connectivity index (χ0n) is 13.6. The van der Waals surface area contributed by atoms with Crippen molar-refractivity contribution in [2.45, 2.75) is 45.2 Å². The Morgan fingerprint density at radius 1 is 1.35 bits per heavy atom. The Hall–Kier alpha value is -1.33. The monoisotopic (exact) mass is 378 g/mol. The minimum absolute atomic E-state index is 0.543. The van der Waals surface area contributed by atoms with Crippen LogP contribution in [-0.2, 0) is 13.0 Å². The van der Waals surface area contributed by atoms with Gasteiger partial charge in [0, 0.05) is 25.1 Å². The molecule has 1 heterocycles. The number of methoxy groups -OCH3 is 1. The average Bonchev–Trinajstić information content (AvgIpc) is 3.15. The highest BCUT2D eigenvalue weighted by molar-refractivity contribution is 9.10. The second-order valence-electron chi connectivity index (χ2n) is 6.29. The van der Waals surface area contributed by atoms with Gasteiger partial charge in [-0.05, 0) is 59.3 Å². The van der Waals surface area contributed by atoms with E-state index in [1.807, 2.05) is 13.0 Å². The van der Waals surface area contributed by atoms with E-state index in [4.69, 9.17) is 9.26 Å². The van der Waals surface area contributed by atoms with Crippen molar-refractivity contribution < 1.29 is 9.26 Å². The van der Waals surface area contributed by atoms with Gasteiger partial charge in [0.05, 0.1) is 17.3 Å². The molecule has 0 amide bonds. The summed E-state index contributed by atoms with van der Waals surface area (Å²) in [5, 5.41) is 7.71. The first-order valence-electron chi connectivity index (χ1n) is 8.13. The molecule has 3 rings (SSSR count). The van der Waals surface area contributed by atoms with E-state index in [0.29, 0.717) is 12.0 Å². The maximum absolute atomic E-state index is 5.38. The van der Waals surface area contributed by atoms with Gasteiger partial charge in [0.25, 0.3) is 0 Å². The highest BCUT2D eigenvalue weighted by Gasteiger charge is 2.28. The molecule has 1 aromatic heterocycles. The van der Waals surface area contributed by atoms with Gasteiger partial charge in [0.1, 0.15) is 11.5 Å². The Bertz CT molecular complexity index is 656. The molecule has 0 unspecified atom stereocenters. The molecule has 1 N–H and O–H groups in total. The molecule has 1 aliphatic rings. The lowest BCUT2D eigenvalue weighted by Gasteiger charge is -2.20. The molecule has 1 fully saturated rings. The quantitative estimate of drug-likeness (QED) is 0.815. The molecule has 1 saturated carbocycles. The van der Waals surface area contributed by atoms with Crippen LogP contribution in [0, 0.1) is 12.8 Å². The molecule has 0 bridgehead atoms. The van der Waals surface area contributed by atoms with Crippen molar-refractivity contribution >= 4 is 15.9 Å². The number of halogens is 1. The van der Waals surface area contributed by atoms with Crippen LogP contribution < -0.4 is 10.1 Å². The Morgan fingerprint density at radius 2 is 2.22 bits per heavy atom. The number of ether oxygens (including phenoxy) is 1. The highest BCUT2D eigenvalue weighted by Crippen LogP contribution is 2.30. The lowest BCUT2D eigenvalue weighted by molar-refractivity contribution is 0.329. The lowest BCUT2D eigenvalue weighted by Crippen LogP contribution is -2.32. The third-order valence-corrected chi connectivity index (χ3v) is 5.20. The van der Waals surface area contributed by atoms with Crippen LogP contribution in [0.3, 0.4) is 0 Å². The molecule has 0 saturated heterocycles. The topological polar surface area (TPSA) is 47.3 Å². The Kier molecular flexibility index (Phi) is 5.38. The molecule has 1 aromatic carbocycles. The van der Waals surface area contributed by atoms with E-state index in [-0.39, 0.29) is 0 Å². The third kappa shape index (κ3) is 4.15. The Labute approximate surface area is 145 Å². The first-order chi connectivity index (χ1) is 11.2. The number of hydrogen-bond acceptors (Lipinski definition) is 4. The average molecular weight is 379 g/mol. The van der Waals surface area contributed by atoms with E-state index in [9.17, 15) is 0 Å². The van der Waals surface area contributed by atoms with Crippen LogP contribution >= 0.6 is 15.9 Å².